The maximum Gasteiger partial charge on any atom is 0.411 e. The van der Waals surface area contributed by atoms with E-state index in [1.54, 1.807) is 0 Å². The van der Waals surface area contributed by atoms with Gasteiger partial charge in [-0.1, -0.05) is 30.3 Å². The number of amides is 1. The van der Waals surface area contributed by atoms with Gasteiger partial charge in [-0.2, -0.15) is 0 Å². The molecule has 0 spiro atoms. The first-order valence-electron chi connectivity index (χ1n) is 6.73. The second-order valence-electron chi connectivity index (χ2n) is 5.79. The van der Waals surface area contributed by atoms with E-state index in [1.807, 2.05) is 51.1 Å². The molecule has 2 rings (SSSR count). The summed E-state index contributed by atoms with van der Waals surface area (Å²) < 4.78 is 10.7. The van der Waals surface area contributed by atoms with Crippen LogP contribution in [0.5, 0.6) is 0 Å². The van der Waals surface area contributed by atoms with Crippen molar-refractivity contribution in [2.45, 2.75) is 38.7 Å². The number of benzene rings is 1. The highest BCUT2D eigenvalue weighted by molar-refractivity contribution is 5.69. The van der Waals surface area contributed by atoms with Crippen LogP contribution in [0.25, 0.3) is 0 Å². The number of nitrogens with zero attached hydrogens (tertiary/aromatic N) is 1. The Bertz CT molecular complexity index is 455. The fourth-order valence-electron chi connectivity index (χ4n) is 2.18. The summed E-state index contributed by atoms with van der Waals surface area (Å²) in [5, 5.41) is 10.1. The van der Waals surface area contributed by atoms with Crippen molar-refractivity contribution in [2.75, 3.05) is 13.2 Å². The average Bonchev–Trinajstić information content (AvgIpc) is 2.37. The first-order chi connectivity index (χ1) is 9.38. The summed E-state index contributed by atoms with van der Waals surface area (Å²) in [6, 6.07) is 8.80. The third-order valence-corrected chi connectivity index (χ3v) is 3.00. The predicted molar refractivity (Wildman–Crippen MR) is 74.1 cm³/mol. The van der Waals surface area contributed by atoms with E-state index in [0.717, 1.165) is 5.56 Å². The molecule has 0 bridgehead atoms. The van der Waals surface area contributed by atoms with Crippen LogP contribution in [0.3, 0.4) is 0 Å². The summed E-state index contributed by atoms with van der Waals surface area (Å²) in [6.45, 7) is 6.15. The molecule has 1 aromatic rings. The Morgan fingerprint density at radius 2 is 2.00 bits per heavy atom. The van der Waals surface area contributed by atoms with E-state index >= 15 is 0 Å². The highest BCUT2D eigenvalue weighted by Crippen LogP contribution is 2.29. The molecule has 1 heterocycles. The van der Waals surface area contributed by atoms with Crippen LogP contribution in [0, 0.1) is 0 Å². The molecule has 0 radical (unpaired) electrons. The number of morpholine rings is 1. The lowest BCUT2D eigenvalue weighted by molar-refractivity contribution is -0.177. The number of hydrogen-bond acceptors (Lipinski definition) is 4. The van der Waals surface area contributed by atoms with Gasteiger partial charge >= 0.3 is 6.09 Å². The van der Waals surface area contributed by atoms with Crippen molar-refractivity contribution in [1.82, 2.24) is 4.90 Å². The van der Waals surface area contributed by atoms with Crippen LogP contribution in [0.1, 0.15) is 32.4 Å². The van der Waals surface area contributed by atoms with Crippen LogP contribution in [-0.2, 0) is 9.47 Å². The van der Waals surface area contributed by atoms with E-state index in [2.05, 4.69) is 0 Å². The van der Waals surface area contributed by atoms with Crippen LogP contribution in [0.2, 0.25) is 0 Å². The number of rotatable bonds is 1. The first kappa shape index (κ1) is 14.8. The molecule has 1 aliphatic heterocycles. The molecule has 0 aromatic heterocycles. The van der Waals surface area contributed by atoms with E-state index in [0.29, 0.717) is 13.2 Å². The molecule has 0 saturated carbocycles. The van der Waals surface area contributed by atoms with E-state index in [-0.39, 0.29) is 0 Å². The topological polar surface area (TPSA) is 59.0 Å². The second-order valence-corrected chi connectivity index (χ2v) is 5.79. The van der Waals surface area contributed by atoms with Crippen molar-refractivity contribution in [1.29, 1.82) is 0 Å². The minimum Gasteiger partial charge on any atom is -0.444 e. The van der Waals surface area contributed by atoms with Gasteiger partial charge in [-0.25, -0.2) is 4.79 Å². The standard InChI is InChI=1S/C15H21NO4/c1-15(2,3)20-14(18)16-9-10-19-13(17)12(16)11-7-5-4-6-8-11/h4-8,12-13,17H,9-10H2,1-3H3. The molecule has 1 saturated heterocycles. The summed E-state index contributed by atoms with van der Waals surface area (Å²) in [5.74, 6) is 0. The van der Waals surface area contributed by atoms with Crippen LogP contribution in [-0.4, -0.2) is 41.1 Å². The van der Waals surface area contributed by atoms with Crippen LogP contribution in [0.4, 0.5) is 4.79 Å². The number of carbonyl (C=O) groups is 1. The highest BCUT2D eigenvalue weighted by Gasteiger charge is 2.37. The van der Waals surface area contributed by atoms with Crippen molar-refractivity contribution in [2.24, 2.45) is 0 Å². The molecule has 20 heavy (non-hydrogen) atoms. The monoisotopic (exact) mass is 279 g/mol. The Labute approximate surface area is 119 Å². The van der Waals surface area contributed by atoms with Gasteiger partial charge in [-0.15, -0.1) is 0 Å². The zero-order valence-corrected chi connectivity index (χ0v) is 12.1. The summed E-state index contributed by atoms with van der Waals surface area (Å²) >= 11 is 0. The molecule has 0 aliphatic carbocycles. The van der Waals surface area contributed by atoms with Crippen molar-refractivity contribution < 1.29 is 19.4 Å². The number of carbonyl (C=O) groups excluding carboxylic acids is 1. The number of aliphatic hydroxyl groups excluding tert-OH is 1. The maximum atomic E-state index is 12.3. The lowest BCUT2D eigenvalue weighted by Crippen LogP contribution is -2.49. The predicted octanol–water partition coefficient (Wildman–Crippen LogP) is 2.31. The molecule has 1 aromatic carbocycles. The molecule has 1 fully saturated rings. The Morgan fingerprint density at radius 1 is 1.35 bits per heavy atom. The van der Waals surface area contributed by atoms with Gasteiger partial charge in [0.2, 0.25) is 0 Å². The van der Waals surface area contributed by atoms with Gasteiger partial charge in [0.15, 0.2) is 6.29 Å². The van der Waals surface area contributed by atoms with Gasteiger partial charge in [0, 0.05) is 6.54 Å². The van der Waals surface area contributed by atoms with Gasteiger partial charge < -0.3 is 14.6 Å². The smallest absolute Gasteiger partial charge is 0.411 e. The van der Waals surface area contributed by atoms with E-state index in [1.165, 1.54) is 4.90 Å². The summed E-state index contributed by atoms with van der Waals surface area (Å²) in [7, 11) is 0. The third kappa shape index (κ3) is 3.49. The lowest BCUT2D eigenvalue weighted by atomic mass is 10.0. The maximum absolute atomic E-state index is 12.3. The van der Waals surface area contributed by atoms with Crippen LogP contribution >= 0.6 is 0 Å². The van der Waals surface area contributed by atoms with E-state index < -0.39 is 24.0 Å². The van der Waals surface area contributed by atoms with Crippen molar-refractivity contribution in [3.05, 3.63) is 35.9 Å². The Kier molecular flexibility index (Phi) is 4.30. The number of hydrogen-bond donors (Lipinski definition) is 1. The summed E-state index contributed by atoms with van der Waals surface area (Å²) in [4.78, 5) is 13.8. The molecule has 5 heteroatoms. The molecule has 1 aliphatic rings. The highest BCUT2D eigenvalue weighted by atomic mass is 16.6. The quantitative estimate of drug-likeness (QED) is 0.857. The molecular formula is C15H21NO4. The van der Waals surface area contributed by atoms with Crippen molar-refractivity contribution in [3.8, 4) is 0 Å². The van der Waals surface area contributed by atoms with E-state index in [9.17, 15) is 9.90 Å². The third-order valence-electron chi connectivity index (χ3n) is 3.00. The average molecular weight is 279 g/mol. The Morgan fingerprint density at radius 3 is 2.60 bits per heavy atom. The van der Waals surface area contributed by atoms with Gasteiger partial charge in [0.1, 0.15) is 11.6 Å². The van der Waals surface area contributed by atoms with Crippen LogP contribution in [0.15, 0.2) is 30.3 Å². The van der Waals surface area contributed by atoms with Crippen molar-refractivity contribution >= 4 is 6.09 Å². The first-order valence-corrected chi connectivity index (χ1v) is 6.73. The van der Waals surface area contributed by atoms with Gasteiger partial charge in [-0.05, 0) is 26.3 Å². The summed E-state index contributed by atoms with van der Waals surface area (Å²) in [5.41, 5.74) is 0.257. The Hall–Kier alpha value is -1.59. The number of aliphatic hydroxyl groups is 1. The second kappa shape index (κ2) is 5.81. The SMILES string of the molecule is CC(C)(C)OC(=O)N1CCOC(O)C1c1ccccc1. The molecule has 5 nitrogen and oxygen atoms in total. The Balaban J connectivity index is 2.23. The van der Waals surface area contributed by atoms with E-state index in [4.69, 9.17) is 9.47 Å². The minimum atomic E-state index is -1.04. The molecular weight excluding hydrogens is 258 g/mol. The minimum absolute atomic E-state index is 0.295. The fraction of sp³-hybridized carbons (Fsp3) is 0.533. The molecule has 2 unspecified atom stereocenters. The van der Waals surface area contributed by atoms with Gasteiger partial charge in [0.05, 0.1) is 6.61 Å². The normalized spacial score (nSPS) is 23.5. The number of ether oxygens (including phenoxy) is 2. The van der Waals surface area contributed by atoms with Gasteiger partial charge in [0.25, 0.3) is 0 Å². The van der Waals surface area contributed by atoms with Crippen molar-refractivity contribution in [3.63, 3.8) is 0 Å². The summed E-state index contributed by atoms with van der Waals surface area (Å²) in [6.07, 6.45) is -1.48. The largest absolute Gasteiger partial charge is 0.444 e. The van der Waals surface area contributed by atoms with Crippen LogP contribution < -0.4 is 0 Å². The zero-order chi connectivity index (χ0) is 14.8. The molecule has 1 amide bonds. The molecule has 110 valence electrons. The van der Waals surface area contributed by atoms with Gasteiger partial charge in [-0.3, -0.25) is 4.90 Å². The molecule has 2 atom stereocenters. The fourth-order valence-corrected chi connectivity index (χ4v) is 2.18. The molecule has 1 N–H and O–H groups in total. The lowest BCUT2D eigenvalue weighted by Gasteiger charge is -2.39. The zero-order valence-electron chi connectivity index (χ0n) is 12.1.